The second kappa shape index (κ2) is 3.29. The Morgan fingerprint density at radius 3 is 2.64 bits per heavy atom. The summed E-state index contributed by atoms with van der Waals surface area (Å²) in [5, 5.41) is 1.14. The van der Waals surface area contributed by atoms with Crippen molar-refractivity contribution < 1.29 is 0 Å². The molecule has 0 aliphatic rings. The van der Waals surface area contributed by atoms with E-state index in [0.717, 1.165) is 16.5 Å². The molecule has 1 aromatic carbocycles. The fourth-order valence-electron chi connectivity index (χ4n) is 1.71. The molecule has 0 atom stereocenters. The van der Waals surface area contributed by atoms with Crippen LogP contribution in [0, 0.1) is 0 Å². The lowest BCUT2D eigenvalue weighted by atomic mass is 9.99. The van der Waals surface area contributed by atoms with E-state index < -0.39 is 0 Å². The Labute approximate surface area is 82.6 Å². The fraction of sp³-hybridized carbons (Fsp3) is 0.250. The predicted molar refractivity (Wildman–Crippen MR) is 58.7 cm³/mol. The van der Waals surface area contributed by atoms with Crippen molar-refractivity contribution in [3.05, 3.63) is 46.2 Å². The van der Waals surface area contributed by atoms with Crippen LogP contribution >= 0.6 is 0 Å². The van der Waals surface area contributed by atoms with Gasteiger partial charge in [0.05, 0.1) is 0 Å². The minimum atomic E-state index is -0.0209. The topological polar surface area (TPSA) is 32.9 Å². The minimum absolute atomic E-state index is 0.0209. The van der Waals surface area contributed by atoms with Crippen LogP contribution in [0.1, 0.15) is 25.3 Å². The summed E-state index contributed by atoms with van der Waals surface area (Å²) in [5.41, 5.74) is 2.01. The van der Waals surface area contributed by atoms with Crippen LogP contribution in [-0.4, -0.2) is 4.98 Å². The van der Waals surface area contributed by atoms with E-state index in [2.05, 4.69) is 18.8 Å². The highest BCUT2D eigenvalue weighted by Gasteiger charge is 2.05. The molecule has 0 fully saturated rings. The number of aromatic nitrogens is 1. The first-order chi connectivity index (χ1) is 6.68. The second-order valence-corrected chi connectivity index (χ2v) is 3.79. The molecule has 2 aromatic rings. The van der Waals surface area contributed by atoms with Crippen LogP contribution in [0.2, 0.25) is 0 Å². The van der Waals surface area contributed by atoms with Crippen molar-refractivity contribution in [2.24, 2.45) is 0 Å². The maximum atomic E-state index is 11.4. The van der Waals surface area contributed by atoms with Crippen molar-refractivity contribution in [1.82, 2.24) is 4.98 Å². The highest BCUT2D eigenvalue weighted by molar-refractivity contribution is 5.82. The molecule has 0 spiro atoms. The summed E-state index contributed by atoms with van der Waals surface area (Å²) < 4.78 is 0. The minimum Gasteiger partial charge on any atom is -0.322 e. The number of nitrogens with one attached hydrogen (secondary N) is 1. The molecule has 1 N–H and O–H groups in total. The normalized spacial score (nSPS) is 11.1. The molecule has 2 nitrogen and oxygen atoms in total. The summed E-state index contributed by atoms with van der Waals surface area (Å²) in [7, 11) is 0. The zero-order valence-electron chi connectivity index (χ0n) is 8.37. The smallest absolute Gasteiger partial charge is 0.248 e. The van der Waals surface area contributed by atoms with E-state index in [1.807, 2.05) is 24.3 Å². The number of hydrogen-bond acceptors (Lipinski definition) is 1. The van der Waals surface area contributed by atoms with Gasteiger partial charge in [-0.15, -0.1) is 0 Å². The first-order valence-corrected chi connectivity index (χ1v) is 4.80. The van der Waals surface area contributed by atoms with Gasteiger partial charge < -0.3 is 4.98 Å². The lowest BCUT2D eigenvalue weighted by molar-refractivity contribution is 0.872. The molecule has 0 radical (unpaired) electrons. The molecule has 2 heteroatoms. The van der Waals surface area contributed by atoms with Crippen molar-refractivity contribution in [3.63, 3.8) is 0 Å². The van der Waals surface area contributed by atoms with Crippen LogP contribution in [0.25, 0.3) is 10.9 Å². The maximum absolute atomic E-state index is 11.4. The van der Waals surface area contributed by atoms with Crippen LogP contribution in [0.15, 0.2) is 35.1 Å². The highest BCUT2D eigenvalue weighted by Crippen LogP contribution is 2.21. The number of fused-ring (bicyclic) bond motifs is 1. The molecule has 0 amide bonds. The monoisotopic (exact) mass is 187 g/mol. The van der Waals surface area contributed by atoms with E-state index in [1.54, 1.807) is 6.07 Å². The summed E-state index contributed by atoms with van der Waals surface area (Å²) >= 11 is 0. The van der Waals surface area contributed by atoms with Gasteiger partial charge in [-0.25, -0.2) is 0 Å². The molecule has 0 bridgehead atoms. The molecule has 0 aliphatic carbocycles. The largest absolute Gasteiger partial charge is 0.322 e. The van der Waals surface area contributed by atoms with E-state index in [-0.39, 0.29) is 5.56 Å². The number of pyridine rings is 1. The molecule has 0 unspecified atom stereocenters. The third kappa shape index (κ3) is 1.43. The van der Waals surface area contributed by atoms with Crippen LogP contribution in [0.5, 0.6) is 0 Å². The van der Waals surface area contributed by atoms with E-state index in [1.165, 1.54) is 0 Å². The Balaban J connectivity index is 2.87. The third-order valence-electron chi connectivity index (χ3n) is 2.40. The van der Waals surface area contributed by atoms with Crippen LogP contribution in [0.3, 0.4) is 0 Å². The second-order valence-electron chi connectivity index (χ2n) is 3.79. The standard InChI is InChI=1S/C12H13NO/c1-8(2)10-7-12(14)13-11-6-4-3-5-9(10)11/h3-8H,1-2H3,(H,13,14). The number of H-pyrrole nitrogens is 1. The SMILES string of the molecule is CC(C)c1cc(=O)[nH]c2ccccc12. The lowest BCUT2D eigenvalue weighted by Crippen LogP contribution is -2.07. The predicted octanol–water partition coefficient (Wildman–Crippen LogP) is 2.65. The molecule has 0 saturated heterocycles. The van der Waals surface area contributed by atoms with Crippen molar-refractivity contribution in [2.75, 3.05) is 0 Å². The summed E-state index contributed by atoms with van der Waals surface area (Å²) in [5.74, 6) is 0.377. The van der Waals surface area contributed by atoms with Gasteiger partial charge in [0.2, 0.25) is 5.56 Å². The van der Waals surface area contributed by atoms with Gasteiger partial charge in [-0.05, 0) is 17.5 Å². The van der Waals surface area contributed by atoms with Gasteiger partial charge in [-0.1, -0.05) is 32.0 Å². The first kappa shape index (κ1) is 9.00. The Kier molecular flexibility index (Phi) is 2.12. The Morgan fingerprint density at radius 1 is 1.21 bits per heavy atom. The van der Waals surface area contributed by atoms with Gasteiger partial charge in [-0.3, -0.25) is 4.79 Å². The molecular formula is C12H13NO. The highest BCUT2D eigenvalue weighted by atomic mass is 16.1. The van der Waals surface area contributed by atoms with Gasteiger partial charge >= 0.3 is 0 Å². The van der Waals surface area contributed by atoms with Gasteiger partial charge in [-0.2, -0.15) is 0 Å². The molecule has 0 saturated carbocycles. The molecule has 72 valence electrons. The molecule has 2 rings (SSSR count). The van der Waals surface area contributed by atoms with Gasteiger partial charge in [0, 0.05) is 17.0 Å². The number of para-hydroxylation sites is 1. The number of aromatic amines is 1. The maximum Gasteiger partial charge on any atom is 0.248 e. The van der Waals surface area contributed by atoms with Crippen molar-refractivity contribution in [1.29, 1.82) is 0 Å². The zero-order valence-corrected chi connectivity index (χ0v) is 8.37. The van der Waals surface area contributed by atoms with E-state index >= 15 is 0 Å². The summed E-state index contributed by atoms with van der Waals surface area (Å²) in [6, 6.07) is 9.59. The molecule has 14 heavy (non-hydrogen) atoms. The summed E-state index contributed by atoms with van der Waals surface area (Å²) in [4.78, 5) is 14.2. The van der Waals surface area contributed by atoms with E-state index in [9.17, 15) is 4.79 Å². The number of hydrogen-bond donors (Lipinski definition) is 1. The van der Waals surface area contributed by atoms with E-state index in [0.29, 0.717) is 5.92 Å². The molecule has 1 heterocycles. The van der Waals surface area contributed by atoms with Crippen LogP contribution < -0.4 is 5.56 Å². The van der Waals surface area contributed by atoms with Gasteiger partial charge in [0.1, 0.15) is 0 Å². The van der Waals surface area contributed by atoms with Crippen molar-refractivity contribution >= 4 is 10.9 Å². The summed E-state index contributed by atoms with van der Waals surface area (Å²) in [6.45, 7) is 4.20. The van der Waals surface area contributed by atoms with Gasteiger partial charge in [0.25, 0.3) is 0 Å². The third-order valence-corrected chi connectivity index (χ3v) is 2.40. The Hall–Kier alpha value is -1.57. The Bertz CT molecular complexity index is 511. The number of benzene rings is 1. The van der Waals surface area contributed by atoms with Crippen molar-refractivity contribution in [3.8, 4) is 0 Å². The fourth-order valence-corrected chi connectivity index (χ4v) is 1.71. The average Bonchev–Trinajstić information content (AvgIpc) is 2.16. The van der Waals surface area contributed by atoms with Crippen LogP contribution in [0.4, 0.5) is 0 Å². The summed E-state index contributed by atoms with van der Waals surface area (Å²) in [6.07, 6.45) is 0. The average molecular weight is 187 g/mol. The number of rotatable bonds is 1. The first-order valence-electron chi connectivity index (χ1n) is 4.80. The van der Waals surface area contributed by atoms with E-state index in [4.69, 9.17) is 0 Å². The van der Waals surface area contributed by atoms with Gasteiger partial charge in [0.15, 0.2) is 0 Å². The molecule has 1 aromatic heterocycles. The lowest BCUT2D eigenvalue weighted by Gasteiger charge is -2.08. The molecule has 0 aliphatic heterocycles. The molecular weight excluding hydrogens is 174 g/mol. The van der Waals surface area contributed by atoms with Crippen molar-refractivity contribution in [2.45, 2.75) is 19.8 Å². The quantitative estimate of drug-likeness (QED) is 0.731. The zero-order chi connectivity index (χ0) is 10.1. The Morgan fingerprint density at radius 2 is 1.93 bits per heavy atom. The van der Waals surface area contributed by atoms with Crippen LogP contribution in [-0.2, 0) is 0 Å².